The number of nitrogens with one attached hydrogen (secondary N) is 1. The lowest BCUT2D eigenvalue weighted by Gasteiger charge is -2.32. The van der Waals surface area contributed by atoms with Gasteiger partial charge in [-0.25, -0.2) is 8.42 Å². The van der Waals surface area contributed by atoms with Gasteiger partial charge in [-0.3, -0.25) is 0 Å². The largest absolute Gasteiger partial charge is 0.381 e. The van der Waals surface area contributed by atoms with E-state index in [-0.39, 0.29) is 17.2 Å². The van der Waals surface area contributed by atoms with Crippen molar-refractivity contribution in [1.82, 2.24) is 0 Å². The molecule has 0 amide bonds. The summed E-state index contributed by atoms with van der Waals surface area (Å²) in [5.41, 5.74) is 6.37. The fourth-order valence-electron chi connectivity index (χ4n) is 2.31. The molecule has 5 heteroatoms. The van der Waals surface area contributed by atoms with Crippen LogP contribution in [0.4, 0.5) is 5.69 Å². The predicted octanol–water partition coefficient (Wildman–Crippen LogP) is 3.05. The number of nitrogens with two attached hydrogens (primary N) is 1. The Morgan fingerprint density at radius 3 is 2.38 bits per heavy atom. The van der Waals surface area contributed by atoms with Crippen LogP contribution in [-0.2, 0) is 9.84 Å². The number of hydrogen-bond acceptors (Lipinski definition) is 4. The first-order valence-corrected chi connectivity index (χ1v) is 9.16. The van der Waals surface area contributed by atoms with E-state index < -0.39 is 9.84 Å². The van der Waals surface area contributed by atoms with Crippen LogP contribution in [0.2, 0.25) is 0 Å². The normalized spacial score (nSPS) is 14.0. The predicted molar refractivity (Wildman–Crippen MR) is 89.3 cm³/mol. The van der Waals surface area contributed by atoms with Crippen LogP contribution >= 0.6 is 0 Å². The van der Waals surface area contributed by atoms with Crippen molar-refractivity contribution in [3.63, 3.8) is 0 Å². The maximum Gasteiger partial charge on any atom is 0.180 e. The topological polar surface area (TPSA) is 72.2 Å². The maximum atomic E-state index is 12.4. The minimum Gasteiger partial charge on any atom is -0.381 e. The van der Waals surface area contributed by atoms with Crippen molar-refractivity contribution >= 4 is 15.5 Å². The Hall–Kier alpha value is -1.07. The summed E-state index contributed by atoms with van der Waals surface area (Å²) in [6.07, 6.45) is 1.41. The third kappa shape index (κ3) is 5.00. The lowest BCUT2D eigenvalue weighted by Crippen LogP contribution is -2.36. The second-order valence-corrected chi connectivity index (χ2v) is 8.53. The maximum absolute atomic E-state index is 12.4. The quantitative estimate of drug-likeness (QED) is 0.811. The molecule has 0 spiro atoms. The Bertz CT molecular complexity index is 548. The van der Waals surface area contributed by atoms with Crippen LogP contribution in [0.5, 0.6) is 0 Å². The second-order valence-electron chi connectivity index (χ2n) is 6.46. The van der Waals surface area contributed by atoms with E-state index in [1.165, 1.54) is 0 Å². The molecule has 120 valence electrons. The fourth-order valence-corrected chi connectivity index (χ4v) is 3.82. The van der Waals surface area contributed by atoms with E-state index in [4.69, 9.17) is 5.73 Å². The SMILES string of the molecule is CCCS(=O)(=O)c1ccccc1NC(CCN)C(C)(C)C. The first-order chi connectivity index (χ1) is 9.72. The van der Waals surface area contributed by atoms with Crippen LogP contribution in [0.25, 0.3) is 0 Å². The van der Waals surface area contributed by atoms with Crippen LogP contribution in [0, 0.1) is 5.41 Å². The van der Waals surface area contributed by atoms with E-state index in [0.29, 0.717) is 23.5 Å². The smallest absolute Gasteiger partial charge is 0.180 e. The van der Waals surface area contributed by atoms with Gasteiger partial charge in [0.25, 0.3) is 0 Å². The van der Waals surface area contributed by atoms with Crippen molar-refractivity contribution in [3.05, 3.63) is 24.3 Å². The molecule has 1 unspecified atom stereocenters. The summed E-state index contributed by atoms with van der Waals surface area (Å²) >= 11 is 0. The van der Waals surface area contributed by atoms with Crippen molar-refractivity contribution in [1.29, 1.82) is 0 Å². The minimum atomic E-state index is -3.24. The van der Waals surface area contributed by atoms with Crippen LogP contribution < -0.4 is 11.1 Å². The number of rotatable bonds is 7. The van der Waals surface area contributed by atoms with Crippen LogP contribution in [0.3, 0.4) is 0 Å². The van der Waals surface area contributed by atoms with E-state index in [2.05, 4.69) is 26.1 Å². The molecule has 1 aromatic carbocycles. The molecule has 3 N–H and O–H groups in total. The molecule has 0 aliphatic rings. The molecule has 0 fully saturated rings. The Kier molecular flexibility index (Phi) is 6.23. The summed E-state index contributed by atoms with van der Waals surface area (Å²) in [7, 11) is -3.24. The molecule has 0 bridgehead atoms. The lowest BCUT2D eigenvalue weighted by atomic mass is 9.84. The van der Waals surface area contributed by atoms with Crippen LogP contribution in [-0.4, -0.2) is 26.8 Å². The molecule has 0 radical (unpaired) electrons. The highest BCUT2D eigenvalue weighted by molar-refractivity contribution is 7.91. The van der Waals surface area contributed by atoms with Crippen molar-refractivity contribution in [2.75, 3.05) is 17.6 Å². The monoisotopic (exact) mass is 312 g/mol. The molecule has 0 aliphatic carbocycles. The van der Waals surface area contributed by atoms with Gasteiger partial charge in [0.15, 0.2) is 9.84 Å². The van der Waals surface area contributed by atoms with Gasteiger partial charge in [-0.05, 0) is 36.9 Å². The average molecular weight is 312 g/mol. The average Bonchev–Trinajstić information content (AvgIpc) is 2.37. The summed E-state index contributed by atoms with van der Waals surface area (Å²) in [6.45, 7) is 8.83. The zero-order chi connectivity index (χ0) is 16.1. The number of anilines is 1. The molecule has 0 saturated heterocycles. The summed E-state index contributed by atoms with van der Waals surface area (Å²) < 4.78 is 24.8. The van der Waals surface area contributed by atoms with Crippen molar-refractivity contribution < 1.29 is 8.42 Å². The Balaban J connectivity index is 3.14. The van der Waals surface area contributed by atoms with Gasteiger partial charge in [0.05, 0.1) is 16.3 Å². The van der Waals surface area contributed by atoms with Crippen molar-refractivity contribution in [2.24, 2.45) is 11.1 Å². The molecule has 0 saturated carbocycles. The van der Waals surface area contributed by atoms with Gasteiger partial charge < -0.3 is 11.1 Å². The molecule has 0 heterocycles. The summed E-state index contributed by atoms with van der Waals surface area (Å²) in [4.78, 5) is 0.387. The van der Waals surface area contributed by atoms with E-state index in [9.17, 15) is 8.42 Å². The molecule has 0 aliphatic heterocycles. The van der Waals surface area contributed by atoms with Gasteiger partial charge in [0.2, 0.25) is 0 Å². The fraction of sp³-hybridized carbons (Fsp3) is 0.625. The second kappa shape index (κ2) is 7.27. The Morgan fingerprint density at radius 2 is 1.86 bits per heavy atom. The van der Waals surface area contributed by atoms with Gasteiger partial charge in [0.1, 0.15) is 0 Å². The van der Waals surface area contributed by atoms with Gasteiger partial charge in [-0.1, -0.05) is 39.8 Å². The van der Waals surface area contributed by atoms with Crippen LogP contribution in [0.1, 0.15) is 40.5 Å². The molecule has 0 aromatic heterocycles. The zero-order valence-corrected chi connectivity index (χ0v) is 14.3. The molecular formula is C16H28N2O2S. The number of benzene rings is 1. The standard InChI is InChI=1S/C16H28N2O2S/c1-5-12-21(19,20)14-9-7-6-8-13(14)18-15(10-11-17)16(2,3)4/h6-9,15,18H,5,10-12,17H2,1-4H3. The first kappa shape index (κ1) is 18.0. The molecule has 1 atom stereocenters. The molecule has 21 heavy (non-hydrogen) atoms. The van der Waals surface area contributed by atoms with E-state index in [1.807, 2.05) is 19.1 Å². The minimum absolute atomic E-state index is 0.000992. The highest BCUT2D eigenvalue weighted by Gasteiger charge is 2.26. The van der Waals surface area contributed by atoms with E-state index in [1.54, 1.807) is 12.1 Å². The first-order valence-electron chi connectivity index (χ1n) is 7.50. The lowest BCUT2D eigenvalue weighted by molar-refractivity contribution is 0.328. The van der Waals surface area contributed by atoms with Crippen molar-refractivity contribution in [3.8, 4) is 0 Å². The number of hydrogen-bond donors (Lipinski definition) is 2. The molecular weight excluding hydrogens is 284 g/mol. The summed E-state index contributed by atoms with van der Waals surface area (Å²) in [5.74, 6) is 0.169. The third-order valence-corrected chi connectivity index (χ3v) is 5.50. The highest BCUT2D eigenvalue weighted by Crippen LogP contribution is 2.29. The Labute approximate surface area is 129 Å². The van der Waals surface area contributed by atoms with Crippen molar-refractivity contribution in [2.45, 2.75) is 51.5 Å². The molecule has 1 aromatic rings. The van der Waals surface area contributed by atoms with Gasteiger partial charge >= 0.3 is 0 Å². The summed E-state index contributed by atoms with van der Waals surface area (Å²) in [6, 6.07) is 7.26. The van der Waals surface area contributed by atoms with E-state index in [0.717, 1.165) is 6.42 Å². The zero-order valence-electron chi connectivity index (χ0n) is 13.5. The Morgan fingerprint density at radius 1 is 1.24 bits per heavy atom. The number of para-hydroxylation sites is 1. The van der Waals surface area contributed by atoms with Gasteiger partial charge in [-0.15, -0.1) is 0 Å². The summed E-state index contributed by atoms with van der Waals surface area (Å²) in [5, 5.41) is 3.39. The van der Waals surface area contributed by atoms with E-state index >= 15 is 0 Å². The van der Waals surface area contributed by atoms with Crippen LogP contribution in [0.15, 0.2) is 29.2 Å². The number of sulfone groups is 1. The molecule has 1 rings (SSSR count). The van der Waals surface area contributed by atoms with Gasteiger partial charge in [0, 0.05) is 6.04 Å². The third-order valence-electron chi connectivity index (χ3n) is 3.53. The highest BCUT2D eigenvalue weighted by atomic mass is 32.2. The van der Waals surface area contributed by atoms with Gasteiger partial charge in [-0.2, -0.15) is 0 Å². The molecule has 4 nitrogen and oxygen atoms in total.